The van der Waals surface area contributed by atoms with Gasteiger partial charge >= 0.3 is 0 Å². The smallest absolute Gasteiger partial charge is 0.137 e. The van der Waals surface area contributed by atoms with Crippen LogP contribution in [0.3, 0.4) is 0 Å². The standard InChI is InChI=1S/C12H20N4/c1-9(2)10-11(13)14-8-15-12(10)16-6-4-3-5-7-16/h8-9H,3-7H2,1-2H3,(H2,13,14,15). The summed E-state index contributed by atoms with van der Waals surface area (Å²) < 4.78 is 0. The molecule has 2 rings (SSSR count). The van der Waals surface area contributed by atoms with Crippen LogP contribution in [0.15, 0.2) is 6.33 Å². The molecule has 4 nitrogen and oxygen atoms in total. The molecule has 0 amide bonds. The van der Waals surface area contributed by atoms with E-state index in [0.717, 1.165) is 24.5 Å². The van der Waals surface area contributed by atoms with Crippen LogP contribution < -0.4 is 10.6 Å². The molecule has 0 bridgehead atoms. The van der Waals surface area contributed by atoms with Gasteiger partial charge in [-0.15, -0.1) is 0 Å². The molecule has 0 aromatic carbocycles. The highest BCUT2D eigenvalue weighted by atomic mass is 15.2. The first-order chi connectivity index (χ1) is 7.70. The van der Waals surface area contributed by atoms with Crippen molar-refractivity contribution >= 4 is 11.6 Å². The minimum atomic E-state index is 0.373. The average Bonchev–Trinajstić information content (AvgIpc) is 2.29. The van der Waals surface area contributed by atoms with Gasteiger partial charge in [-0.3, -0.25) is 0 Å². The van der Waals surface area contributed by atoms with Crippen molar-refractivity contribution in [3.8, 4) is 0 Å². The first kappa shape index (κ1) is 11.2. The van der Waals surface area contributed by atoms with Gasteiger partial charge in [-0.05, 0) is 25.2 Å². The van der Waals surface area contributed by atoms with Gasteiger partial charge in [-0.1, -0.05) is 13.8 Å². The Morgan fingerprint density at radius 2 is 1.88 bits per heavy atom. The molecule has 0 spiro atoms. The van der Waals surface area contributed by atoms with Gasteiger partial charge in [0.25, 0.3) is 0 Å². The lowest BCUT2D eigenvalue weighted by Gasteiger charge is -2.30. The number of nitrogen functional groups attached to an aromatic ring is 1. The zero-order valence-electron chi connectivity index (χ0n) is 10.1. The molecule has 1 saturated heterocycles. The van der Waals surface area contributed by atoms with Gasteiger partial charge in [0, 0.05) is 18.7 Å². The molecule has 1 aliphatic heterocycles. The summed E-state index contributed by atoms with van der Waals surface area (Å²) in [6.45, 7) is 6.47. The Morgan fingerprint density at radius 1 is 1.19 bits per heavy atom. The SMILES string of the molecule is CC(C)c1c(N)ncnc1N1CCCCC1. The van der Waals surface area contributed by atoms with Crippen molar-refractivity contribution in [3.05, 3.63) is 11.9 Å². The van der Waals surface area contributed by atoms with Crippen LogP contribution in [0, 0.1) is 0 Å². The molecule has 0 atom stereocenters. The third-order valence-electron chi connectivity index (χ3n) is 3.13. The van der Waals surface area contributed by atoms with Gasteiger partial charge in [0.05, 0.1) is 0 Å². The number of piperidine rings is 1. The Morgan fingerprint density at radius 3 is 2.50 bits per heavy atom. The molecule has 0 saturated carbocycles. The van der Waals surface area contributed by atoms with Crippen molar-refractivity contribution in [3.63, 3.8) is 0 Å². The first-order valence-corrected chi connectivity index (χ1v) is 6.05. The number of anilines is 2. The third-order valence-corrected chi connectivity index (χ3v) is 3.13. The fourth-order valence-electron chi connectivity index (χ4n) is 2.31. The van der Waals surface area contributed by atoms with Crippen LogP contribution in [0.4, 0.5) is 11.6 Å². The van der Waals surface area contributed by atoms with E-state index in [4.69, 9.17) is 5.73 Å². The predicted molar refractivity (Wildman–Crippen MR) is 66.6 cm³/mol. The van der Waals surface area contributed by atoms with Gasteiger partial charge in [0.15, 0.2) is 0 Å². The lowest BCUT2D eigenvalue weighted by molar-refractivity contribution is 0.570. The fraction of sp³-hybridized carbons (Fsp3) is 0.667. The molecular weight excluding hydrogens is 200 g/mol. The third kappa shape index (κ3) is 2.10. The monoisotopic (exact) mass is 220 g/mol. The molecule has 1 aromatic rings. The molecule has 4 heteroatoms. The molecular formula is C12H20N4. The molecule has 0 radical (unpaired) electrons. The van der Waals surface area contributed by atoms with Gasteiger partial charge in [0.1, 0.15) is 18.0 Å². The molecule has 1 aromatic heterocycles. The van der Waals surface area contributed by atoms with Crippen LogP contribution in [0.5, 0.6) is 0 Å². The second kappa shape index (κ2) is 4.68. The number of nitrogens with zero attached hydrogens (tertiary/aromatic N) is 3. The highest BCUT2D eigenvalue weighted by Crippen LogP contribution is 2.30. The van der Waals surface area contributed by atoms with Crippen molar-refractivity contribution in [1.29, 1.82) is 0 Å². The van der Waals surface area contributed by atoms with Crippen LogP contribution >= 0.6 is 0 Å². The van der Waals surface area contributed by atoms with E-state index in [9.17, 15) is 0 Å². The molecule has 2 N–H and O–H groups in total. The number of hydrogen-bond acceptors (Lipinski definition) is 4. The van der Waals surface area contributed by atoms with Crippen LogP contribution in [0.1, 0.15) is 44.6 Å². The van der Waals surface area contributed by atoms with E-state index >= 15 is 0 Å². The molecule has 0 unspecified atom stereocenters. The Kier molecular flexibility index (Phi) is 3.27. The van der Waals surface area contributed by atoms with E-state index in [1.807, 2.05) is 0 Å². The lowest BCUT2D eigenvalue weighted by atomic mass is 10.0. The van der Waals surface area contributed by atoms with E-state index < -0.39 is 0 Å². The van der Waals surface area contributed by atoms with Gasteiger partial charge < -0.3 is 10.6 Å². The van der Waals surface area contributed by atoms with Crippen LogP contribution in [-0.2, 0) is 0 Å². The zero-order chi connectivity index (χ0) is 11.5. The van der Waals surface area contributed by atoms with Crippen molar-refractivity contribution in [2.45, 2.75) is 39.0 Å². The van der Waals surface area contributed by atoms with Crippen LogP contribution in [0.2, 0.25) is 0 Å². The van der Waals surface area contributed by atoms with Crippen molar-refractivity contribution in [1.82, 2.24) is 9.97 Å². The Balaban J connectivity index is 2.34. The molecule has 2 heterocycles. The average molecular weight is 220 g/mol. The molecule has 0 aliphatic carbocycles. The van der Waals surface area contributed by atoms with Gasteiger partial charge in [-0.25, -0.2) is 9.97 Å². The van der Waals surface area contributed by atoms with Crippen LogP contribution in [-0.4, -0.2) is 23.1 Å². The highest BCUT2D eigenvalue weighted by Gasteiger charge is 2.19. The summed E-state index contributed by atoms with van der Waals surface area (Å²) in [5.41, 5.74) is 7.05. The van der Waals surface area contributed by atoms with E-state index in [0.29, 0.717) is 11.7 Å². The maximum absolute atomic E-state index is 5.95. The van der Waals surface area contributed by atoms with E-state index in [1.165, 1.54) is 19.3 Å². The number of rotatable bonds is 2. The largest absolute Gasteiger partial charge is 0.383 e. The van der Waals surface area contributed by atoms with E-state index in [-0.39, 0.29) is 0 Å². The number of aromatic nitrogens is 2. The van der Waals surface area contributed by atoms with Crippen LogP contribution in [0.25, 0.3) is 0 Å². The number of hydrogen-bond donors (Lipinski definition) is 1. The minimum Gasteiger partial charge on any atom is -0.383 e. The topological polar surface area (TPSA) is 55.0 Å². The zero-order valence-corrected chi connectivity index (χ0v) is 10.1. The first-order valence-electron chi connectivity index (χ1n) is 6.05. The minimum absolute atomic E-state index is 0.373. The maximum atomic E-state index is 5.95. The summed E-state index contributed by atoms with van der Waals surface area (Å²) in [6.07, 6.45) is 5.40. The van der Waals surface area contributed by atoms with Crippen molar-refractivity contribution < 1.29 is 0 Å². The van der Waals surface area contributed by atoms with Crippen molar-refractivity contribution in [2.75, 3.05) is 23.7 Å². The Hall–Kier alpha value is -1.32. The predicted octanol–water partition coefficient (Wildman–Crippen LogP) is 2.17. The molecule has 16 heavy (non-hydrogen) atoms. The number of nitrogens with two attached hydrogens (primary N) is 1. The maximum Gasteiger partial charge on any atom is 0.137 e. The van der Waals surface area contributed by atoms with Gasteiger partial charge in [0.2, 0.25) is 0 Å². The van der Waals surface area contributed by atoms with E-state index in [2.05, 4.69) is 28.7 Å². The molecule has 1 fully saturated rings. The summed E-state index contributed by atoms with van der Waals surface area (Å²) in [4.78, 5) is 10.9. The molecule has 88 valence electrons. The normalized spacial score (nSPS) is 16.8. The lowest BCUT2D eigenvalue weighted by Crippen LogP contribution is -2.31. The summed E-state index contributed by atoms with van der Waals surface area (Å²) in [6, 6.07) is 0. The second-order valence-corrected chi connectivity index (χ2v) is 4.70. The Bertz CT molecular complexity index is 356. The quantitative estimate of drug-likeness (QED) is 0.830. The highest BCUT2D eigenvalue weighted by molar-refractivity contribution is 5.58. The fourth-order valence-corrected chi connectivity index (χ4v) is 2.31. The molecule has 1 aliphatic rings. The summed E-state index contributed by atoms with van der Waals surface area (Å²) in [7, 11) is 0. The van der Waals surface area contributed by atoms with E-state index in [1.54, 1.807) is 6.33 Å². The second-order valence-electron chi connectivity index (χ2n) is 4.70. The summed E-state index contributed by atoms with van der Waals surface area (Å²) in [5.74, 6) is 2.05. The Labute approximate surface area is 96.9 Å². The van der Waals surface area contributed by atoms with Gasteiger partial charge in [-0.2, -0.15) is 0 Å². The summed E-state index contributed by atoms with van der Waals surface area (Å²) >= 11 is 0. The summed E-state index contributed by atoms with van der Waals surface area (Å²) in [5, 5.41) is 0. The van der Waals surface area contributed by atoms with Crippen molar-refractivity contribution in [2.24, 2.45) is 0 Å².